The van der Waals surface area contributed by atoms with Crippen LogP contribution in [0.25, 0.3) is 5.57 Å². The zero-order valence-corrected chi connectivity index (χ0v) is 25.8. The van der Waals surface area contributed by atoms with Crippen LogP contribution in [0, 0.1) is 34.9 Å². The predicted molar refractivity (Wildman–Crippen MR) is 171 cm³/mol. The Morgan fingerprint density at radius 3 is 2.57 bits per heavy atom. The fourth-order valence-electron chi connectivity index (χ4n) is 6.91. The number of hydrogen-bond donors (Lipinski definition) is 1. The number of amides is 2. The predicted octanol–water partition coefficient (Wildman–Crippen LogP) is 6.01. The van der Waals surface area contributed by atoms with Crippen molar-refractivity contribution in [2.75, 3.05) is 25.1 Å². The molecule has 2 saturated heterocycles. The Labute approximate surface area is 267 Å². The van der Waals surface area contributed by atoms with Gasteiger partial charge in [-0.15, -0.1) is 0 Å². The number of ether oxygens (including phenoxy) is 2. The van der Waals surface area contributed by atoms with E-state index in [2.05, 4.69) is 22.9 Å². The lowest BCUT2D eigenvalue weighted by molar-refractivity contribution is -0.136. The monoisotopic (exact) mass is 621 g/mol. The van der Waals surface area contributed by atoms with E-state index in [1.54, 1.807) is 37.4 Å². The lowest BCUT2D eigenvalue weighted by atomic mass is 9.85. The number of allylic oxidation sites excluding steroid dienone is 1. The molecule has 3 aromatic carbocycles. The molecule has 6 rings (SSSR count). The summed E-state index contributed by atoms with van der Waals surface area (Å²) in [6, 6.07) is 18.2. The number of nitriles is 1. The number of Topliss-reactive ketones (excluding diaryl/α,β-unsaturated/α-hetero) is 1. The van der Waals surface area contributed by atoms with Crippen LogP contribution < -0.4 is 19.7 Å². The van der Waals surface area contributed by atoms with E-state index in [1.807, 2.05) is 18.2 Å². The van der Waals surface area contributed by atoms with Gasteiger partial charge in [0.05, 0.1) is 12.7 Å². The van der Waals surface area contributed by atoms with Gasteiger partial charge < -0.3 is 14.4 Å². The second kappa shape index (κ2) is 13.2. The first-order chi connectivity index (χ1) is 22.2. The highest BCUT2D eigenvalue weighted by atomic mass is 19.1. The van der Waals surface area contributed by atoms with Gasteiger partial charge in [-0.05, 0) is 73.4 Å². The van der Waals surface area contributed by atoms with E-state index in [0.717, 1.165) is 48.3 Å². The number of piperidine rings is 2. The average Bonchev–Trinajstić information content (AvgIpc) is 3.39. The van der Waals surface area contributed by atoms with Crippen LogP contribution in [-0.4, -0.2) is 37.8 Å². The van der Waals surface area contributed by atoms with Crippen LogP contribution in [-0.2, 0) is 22.6 Å². The molecule has 46 heavy (non-hydrogen) atoms. The van der Waals surface area contributed by atoms with Gasteiger partial charge in [0.2, 0.25) is 11.8 Å². The van der Waals surface area contributed by atoms with Crippen molar-refractivity contribution in [3.05, 3.63) is 94.8 Å². The van der Waals surface area contributed by atoms with Crippen LogP contribution in [0.15, 0.2) is 61.2 Å². The number of carbonyl (C=O) groups excluding carboxylic acids is 3. The topological polar surface area (TPSA) is 109 Å². The lowest BCUT2D eigenvalue weighted by Crippen LogP contribution is -2.41. The standard InChI is InChI=1S/C37H36FN3O5/c1-22(23-12-14-41(15-13-23)29-10-8-26(20-39)34(19-29)45-2)24-6-7-27(32(38)18-24)21-46-33-5-3-4-30-31(33)17-28(36(30)43)16-25-9-11-35(42)40-37(25)44/h3-8,10,18-19,23,25,28H,1,9,11-17,21H2,2H3,(H,40,42,44)/t25?,28-/m1/s1. The third-order valence-corrected chi connectivity index (χ3v) is 9.61. The van der Waals surface area contributed by atoms with Crippen LogP contribution in [0.3, 0.4) is 0 Å². The first-order valence-electron chi connectivity index (χ1n) is 15.7. The van der Waals surface area contributed by atoms with E-state index in [4.69, 9.17) is 9.47 Å². The summed E-state index contributed by atoms with van der Waals surface area (Å²) >= 11 is 0. The molecule has 3 aliphatic rings. The van der Waals surface area contributed by atoms with Crippen molar-refractivity contribution in [1.29, 1.82) is 5.26 Å². The minimum atomic E-state index is -0.375. The minimum absolute atomic E-state index is 0.00743. The molecule has 2 heterocycles. The van der Waals surface area contributed by atoms with Crippen molar-refractivity contribution >= 4 is 28.9 Å². The Morgan fingerprint density at radius 2 is 1.85 bits per heavy atom. The number of rotatable bonds is 9. The molecule has 0 bridgehead atoms. The zero-order chi connectivity index (χ0) is 32.4. The van der Waals surface area contributed by atoms with E-state index in [9.17, 15) is 19.6 Å². The molecule has 0 radical (unpaired) electrons. The van der Waals surface area contributed by atoms with Gasteiger partial charge in [-0.25, -0.2) is 4.39 Å². The number of nitrogens with zero attached hydrogens (tertiary/aromatic N) is 2. The highest BCUT2D eigenvalue weighted by molar-refractivity contribution is 6.04. The largest absolute Gasteiger partial charge is 0.495 e. The van der Waals surface area contributed by atoms with E-state index in [1.165, 1.54) is 6.07 Å². The van der Waals surface area contributed by atoms with Crippen molar-refractivity contribution in [2.24, 2.45) is 17.8 Å². The molecule has 9 heteroatoms. The third-order valence-electron chi connectivity index (χ3n) is 9.61. The van der Waals surface area contributed by atoms with Gasteiger partial charge in [-0.1, -0.05) is 30.8 Å². The summed E-state index contributed by atoms with van der Waals surface area (Å²) in [5, 5.41) is 11.6. The minimum Gasteiger partial charge on any atom is -0.495 e. The van der Waals surface area contributed by atoms with Gasteiger partial charge in [0.25, 0.3) is 0 Å². The number of imide groups is 1. The Hall–Kier alpha value is -4.97. The number of ketones is 1. The quantitative estimate of drug-likeness (QED) is 0.292. The summed E-state index contributed by atoms with van der Waals surface area (Å²) in [5.41, 5.74) is 4.94. The summed E-state index contributed by atoms with van der Waals surface area (Å²) in [4.78, 5) is 39.2. The summed E-state index contributed by atoms with van der Waals surface area (Å²) in [5.74, 6) is -0.395. The molecule has 1 aliphatic carbocycles. The summed E-state index contributed by atoms with van der Waals surface area (Å²) in [6.07, 6.45) is 3.30. The lowest BCUT2D eigenvalue weighted by Gasteiger charge is -2.34. The van der Waals surface area contributed by atoms with E-state index in [-0.39, 0.29) is 54.2 Å². The van der Waals surface area contributed by atoms with Crippen molar-refractivity contribution < 1.29 is 28.2 Å². The Morgan fingerprint density at radius 1 is 1.04 bits per heavy atom. The summed E-state index contributed by atoms with van der Waals surface area (Å²) in [6.45, 7) is 5.95. The Kier molecular flexibility index (Phi) is 8.89. The van der Waals surface area contributed by atoms with Crippen LogP contribution in [0.1, 0.15) is 64.7 Å². The maximum absolute atomic E-state index is 15.3. The van der Waals surface area contributed by atoms with Gasteiger partial charge in [0.1, 0.15) is 30.0 Å². The molecule has 2 aliphatic heterocycles. The number of hydrogen-bond acceptors (Lipinski definition) is 7. The van der Waals surface area contributed by atoms with Crippen molar-refractivity contribution in [1.82, 2.24) is 5.32 Å². The molecule has 3 aromatic rings. The highest BCUT2D eigenvalue weighted by Crippen LogP contribution is 2.38. The van der Waals surface area contributed by atoms with Crippen molar-refractivity contribution in [3.8, 4) is 17.6 Å². The maximum Gasteiger partial charge on any atom is 0.229 e. The fourth-order valence-corrected chi connectivity index (χ4v) is 6.91. The van der Waals surface area contributed by atoms with Crippen LogP contribution in [0.5, 0.6) is 11.5 Å². The van der Waals surface area contributed by atoms with Crippen LogP contribution in [0.2, 0.25) is 0 Å². The Bertz CT molecular complexity index is 1750. The molecular weight excluding hydrogens is 585 g/mol. The van der Waals surface area contributed by atoms with Crippen LogP contribution >= 0.6 is 0 Å². The van der Waals surface area contributed by atoms with Gasteiger partial charge in [0.15, 0.2) is 5.78 Å². The number of anilines is 1. The molecule has 2 amide bonds. The smallest absolute Gasteiger partial charge is 0.229 e. The third kappa shape index (κ3) is 6.25. The van der Waals surface area contributed by atoms with Gasteiger partial charge in [0, 0.05) is 59.8 Å². The number of fused-ring (bicyclic) bond motifs is 1. The number of nitrogens with one attached hydrogen (secondary N) is 1. The number of halogens is 1. The van der Waals surface area contributed by atoms with Gasteiger partial charge >= 0.3 is 0 Å². The molecule has 236 valence electrons. The fraction of sp³-hybridized carbons (Fsp3) is 0.351. The normalized spacial score (nSPS) is 19.8. The number of carbonyl (C=O) groups is 3. The van der Waals surface area contributed by atoms with Gasteiger partial charge in [-0.3, -0.25) is 19.7 Å². The molecule has 1 N–H and O–H groups in total. The highest BCUT2D eigenvalue weighted by Gasteiger charge is 2.37. The molecule has 0 spiro atoms. The zero-order valence-electron chi connectivity index (χ0n) is 25.8. The molecule has 0 saturated carbocycles. The molecule has 2 fully saturated rings. The summed E-state index contributed by atoms with van der Waals surface area (Å²) < 4.78 is 26.8. The van der Waals surface area contributed by atoms with Crippen molar-refractivity contribution in [3.63, 3.8) is 0 Å². The maximum atomic E-state index is 15.3. The second-order valence-corrected chi connectivity index (χ2v) is 12.3. The molecule has 2 atom stereocenters. The molecule has 0 aromatic heterocycles. The number of methoxy groups -OCH3 is 1. The summed E-state index contributed by atoms with van der Waals surface area (Å²) in [7, 11) is 1.56. The second-order valence-electron chi connectivity index (χ2n) is 12.3. The van der Waals surface area contributed by atoms with E-state index >= 15 is 4.39 Å². The Balaban J connectivity index is 1.05. The molecule has 1 unspecified atom stereocenters. The SMILES string of the molecule is C=C(c1ccc(COc2cccc3c2C[C@@H](CC2CCC(=O)NC2=O)C3=O)c(F)c1)C1CCN(c2ccc(C#N)c(OC)c2)CC1. The first-order valence-corrected chi connectivity index (χ1v) is 15.7. The molecule has 8 nitrogen and oxygen atoms in total. The molecular formula is C37H36FN3O5. The first kappa shape index (κ1) is 31.0. The van der Waals surface area contributed by atoms with Crippen molar-refractivity contribution in [2.45, 2.75) is 45.1 Å². The number of benzene rings is 3. The van der Waals surface area contributed by atoms with Gasteiger partial charge in [-0.2, -0.15) is 5.26 Å². The van der Waals surface area contributed by atoms with E-state index in [0.29, 0.717) is 47.5 Å². The average molecular weight is 622 g/mol. The van der Waals surface area contributed by atoms with E-state index < -0.39 is 0 Å². The van der Waals surface area contributed by atoms with Crippen LogP contribution in [0.4, 0.5) is 10.1 Å².